The molecule has 8 N–H and O–H groups in total. The number of carbonyl (C=O) groups excluding carboxylic acids is 2. The molecule has 284 valence electrons. The standard InChI is InChI=1S/C38H78ClN7O2/c1-3-5-7-9-11-13-15-16-18-20-22-26-33-46(32-25-21-19-17-14-12-10-8-6-4-2)37(48)35(45-39)29-23-24-30-43-36(47)34(40)28-27-31-44-38(41)42/h34-35,45H,3-33,40H2,1-2H3,(H,43,47)(H4,41,42,44). The van der Waals surface area contributed by atoms with Crippen molar-refractivity contribution < 1.29 is 9.59 Å². The summed E-state index contributed by atoms with van der Waals surface area (Å²) in [6, 6.07) is -1.00. The van der Waals surface area contributed by atoms with Crippen LogP contribution in [0.5, 0.6) is 0 Å². The lowest BCUT2D eigenvalue weighted by Gasteiger charge is -2.27. The van der Waals surface area contributed by atoms with Crippen molar-refractivity contribution in [1.82, 2.24) is 20.4 Å². The third-order valence-electron chi connectivity index (χ3n) is 9.37. The van der Waals surface area contributed by atoms with Crippen LogP contribution in [0.15, 0.2) is 0 Å². The van der Waals surface area contributed by atoms with Gasteiger partial charge in [-0.15, -0.1) is 0 Å². The molecule has 2 amide bonds. The van der Waals surface area contributed by atoms with Crippen molar-refractivity contribution in [1.29, 1.82) is 5.41 Å². The van der Waals surface area contributed by atoms with Gasteiger partial charge < -0.3 is 27.0 Å². The first-order valence-electron chi connectivity index (χ1n) is 20.1. The predicted molar refractivity (Wildman–Crippen MR) is 206 cm³/mol. The molecule has 0 saturated heterocycles. The van der Waals surface area contributed by atoms with E-state index in [4.69, 9.17) is 28.7 Å². The Balaban J connectivity index is 4.52. The number of carbonyl (C=O) groups is 2. The van der Waals surface area contributed by atoms with Gasteiger partial charge in [0, 0.05) is 26.2 Å². The lowest BCUT2D eigenvalue weighted by Crippen LogP contribution is -2.45. The summed E-state index contributed by atoms with van der Waals surface area (Å²) in [6.45, 7) is 7.18. The molecule has 0 aromatic heterocycles. The highest BCUT2D eigenvalue weighted by atomic mass is 35.5. The van der Waals surface area contributed by atoms with Crippen LogP contribution >= 0.6 is 11.8 Å². The molecule has 2 atom stereocenters. The van der Waals surface area contributed by atoms with Crippen LogP contribution in [0.4, 0.5) is 0 Å². The fraction of sp³-hybridized carbons (Fsp3) is 0.921. The zero-order valence-corrected chi connectivity index (χ0v) is 32.1. The smallest absolute Gasteiger partial charge is 0.240 e. The molecular weight excluding hydrogens is 622 g/mol. The van der Waals surface area contributed by atoms with Crippen molar-refractivity contribution in [2.75, 3.05) is 26.2 Å². The Labute approximate surface area is 301 Å². The Morgan fingerprint density at radius 1 is 0.604 bits per heavy atom. The summed E-state index contributed by atoms with van der Waals surface area (Å²) in [5.41, 5.74) is 11.3. The Morgan fingerprint density at radius 2 is 1.02 bits per heavy atom. The number of nitrogens with zero attached hydrogens (tertiary/aromatic N) is 1. The van der Waals surface area contributed by atoms with E-state index >= 15 is 0 Å². The SMILES string of the molecule is CCCCCCCCCCCCCCN(CCCCCCCCCCCC)C(=O)C(CCCCNC(=O)C(N)CCCNC(=N)N)NCl. The number of rotatable bonds is 36. The zero-order valence-electron chi connectivity index (χ0n) is 31.4. The number of guanidine groups is 1. The first-order chi connectivity index (χ1) is 23.4. The molecule has 0 spiro atoms. The topological polar surface area (TPSA) is 149 Å². The van der Waals surface area contributed by atoms with Gasteiger partial charge in [0.2, 0.25) is 11.8 Å². The Morgan fingerprint density at radius 3 is 1.44 bits per heavy atom. The van der Waals surface area contributed by atoms with Gasteiger partial charge in [0.25, 0.3) is 0 Å². The second-order valence-corrected chi connectivity index (χ2v) is 14.2. The summed E-state index contributed by atoms with van der Waals surface area (Å²) >= 11 is 6.12. The molecule has 10 heteroatoms. The first kappa shape index (κ1) is 46.4. The number of hydrogen-bond acceptors (Lipinski definition) is 5. The highest BCUT2D eigenvalue weighted by Gasteiger charge is 2.23. The Hall–Kier alpha value is -1.58. The van der Waals surface area contributed by atoms with Gasteiger partial charge in [-0.2, -0.15) is 0 Å². The van der Waals surface area contributed by atoms with Crippen molar-refractivity contribution in [3.05, 3.63) is 0 Å². The normalized spacial score (nSPS) is 12.5. The molecular formula is C38H78ClN7O2. The van der Waals surface area contributed by atoms with Gasteiger partial charge in [0.1, 0.15) is 6.04 Å². The lowest BCUT2D eigenvalue weighted by atomic mass is 10.0. The number of nitrogens with one attached hydrogen (secondary N) is 4. The highest BCUT2D eigenvalue weighted by molar-refractivity contribution is 6.15. The van der Waals surface area contributed by atoms with Crippen LogP contribution in [0.3, 0.4) is 0 Å². The number of halogens is 1. The summed E-state index contributed by atoms with van der Waals surface area (Å²) < 4.78 is 0. The average Bonchev–Trinajstić information content (AvgIpc) is 3.08. The fourth-order valence-electron chi connectivity index (χ4n) is 6.20. The molecule has 0 radical (unpaired) electrons. The van der Waals surface area contributed by atoms with Crippen LogP contribution in [-0.2, 0) is 9.59 Å². The quantitative estimate of drug-likeness (QED) is 0.0167. The number of hydrogen-bond donors (Lipinski definition) is 6. The maximum atomic E-state index is 13.6. The largest absolute Gasteiger partial charge is 0.370 e. The minimum Gasteiger partial charge on any atom is -0.370 e. The summed E-state index contributed by atoms with van der Waals surface area (Å²) in [5, 5.41) is 12.8. The van der Waals surface area contributed by atoms with E-state index in [-0.39, 0.29) is 17.8 Å². The summed E-state index contributed by atoms with van der Waals surface area (Å²) in [5.74, 6) is -0.150. The van der Waals surface area contributed by atoms with Crippen LogP contribution in [0.2, 0.25) is 0 Å². The van der Waals surface area contributed by atoms with Gasteiger partial charge in [0.15, 0.2) is 5.96 Å². The monoisotopic (exact) mass is 700 g/mol. The Kier molecular flexibility index (Phi) is 34.1. The minimum atomic E-state index is -0.586. The number of nitrogens with two attached hydrogens (primary N) is 2. The van der Waals surface area contributed by atoms with Gasteiger partial charge >= 0.3 is 0 Å². The number of amides is 2. The van der Waals surface area contributed by atoms with E-state index in [2.05, 4.69) is 34.2 Å². The van der Waals surface area contributed by atoms with Crippen molar-refractivity contribution in [2.24, 2.45) is 11.5 Å². The molecule has 9 nitrogen and oxygen atoms in total. The van der Waals surface area contributed by atoms with Crippen LogP contribution in [0.25, 0.3) is 0 Å². The van der Waals surface area contributed by atoms with E-state index in [1.807, 2.05) is 0 Å². The third-order valence-corrected chi connectivity index (χ3v) is 9.63. The van der Waals surface area contributed by atoms with E-state index in [1.54, 1.807) is 0 Å². The molecule has 0 aromatic rings. The van der Waals surface area contributed by atoms with E-state index in [1.165, 1.54) is 128 Å². The second-order valence-electron chi connectivity index (χ2n) is 13.9. The van der Waals surface area contributed by atoms with Crippen LogP contribution in [-0.4, -0.2) is 60.9 Å². The van der Waals surface area contributed by atoms with Crippen LogP contribution in [0, 0.1) is 5.41 Å². The van der Waals surface area contributed by atoms with E-state index in [0.29, 0.717) is 32.4 Å². The van der Waals surface area contributed by atoms with Gasteiger partial charge in [-0.3, -0.25) is 15.0 Å². The first-order valence-corrected chi connectivity index (χ1v) is 20.5. The summed E-state index contributed by atoms with van der Waals surface area (Å²) in [6.07, 6.45) is 31.9. The number of unbranched alkanes of at least 4 members (excludes halogenated alkanes) is 21. The summed E-state index contributed by atoms with van der Waals surface area (Å²) in [4.78, 5) is 30.7. The zero-order chi connectivity index (χ0) is 35.5. The molecule has 0 fully saturated rings. The van der Waals surface area contributed by atoms with Gasteiger partial charge in [0.05, 0.1) is 6.04 Å². The molecule has 0 bridgehead atoms. The lowest BCUT2D eigenvalue weighted by molar-refractivity contribution is -0.133. The van der Waals surface area contributed by atoms with Gasteiger partial charge in [-0.25, -0.2) is 4.84 Å². The predicted octanol–water partition coefficient (Wildman–Crippen LogP) is 8.43. The molecule has 0 saturated carbocycles. The van der Waals surface area contributed by atoms with Gasteiger partial charge in [-0.1, -0.05) is 142 Å². The maximum Gasteiger partial charge on any atom is 0.240 e. The molecule has 0 aliphatic heterocycles. The van der Waals surface area contributed by atoms with E-state index in [9.17, 15) is 9.59 Å². The van der Waals surface area contributed by atoms with Crippen LogP contribution in [0.1, 0.15) is 187 Å². The van der Waals surface area contributed by atoms with Crippen LogP contribution < -0.4 is 26.9 Å². The Bertz CT molecular complexity index is 759. The summed E-state index contributed by atoms with van der Waals surface area (Å²) in [7, 11) is 0. The molecule has 48 heavy (non-hydrogen) atoms. The van der Waals surface area contributed by atoms with Crippen molar-refractivity contribution in [3.63, 3.8) is 0 Å². The fourth-order valence-corrected chi connectivity index (χ4v) is 6.41. The molecule has 0 aliphatic carbocycles. The maximum absolute atomic E-state index is 13.6. The third kappa shape index (κ3) is 29.3. The second kappa shape index (κ2) is 35.3. The van der Waals surface area contributed by atoms with Crippen molar-refractivity contribution in [2.45, 2.75) is 199 Å². The molecule has 0 aromatic carbocycles. The molecule has 0 rings (SSSR count). The molecule has 0 aliphatic rings. The van der Waals surface area contributed by atoms with Crippen molar-refractivity contribution >= 4 is 29.6 Å². The van der Waals surface area contributed by atoms with E-state index in [0.717, 1.165) is 38.8 Å². The highest BCUT2D eigenvalue weighted by Crippen LogP contribution is 2.15. The molecule has 2 unspecified atom stereocenters. The average molecular weight is 701 g/mol. The van der Waals surface area contributed by atoms with Crippen molar-refractivity contribution in [3.8, 4) is 0 Å². The van der Waals surface area contributed by atoms with E-state index < -0.39 is 12.1 Å². The minimum absolute atomic E-state index is 0.0810. The molecule has 0 heterocycles. The van der Waals surface area contributed by atoms with Gasteiger partial charge in [-0.05, 0) is 56.7 Å².